The molecular formula is C17H28N2O2. The molecule has 0 heterocycles. The van der Waals surface area contributed by atoms with E-state index < -0.39 is 0 Å². The van der Waals surface area contributed by atoms with Gasteiger partial charge in [-0.15, -0.1) is 0 Å². The summed E-state index contributed by atoms with van der Waals surface area (Å²) in [5.41, 5.74) is 6.91. The number of ether oxygens (including phenoxy) is 1. The quantitative estimate of drug-likeness (QED) is 0.697. The van der Waals surface area contributed by atoms with Crippen molar-refractivity contribution in [1.82, 2.24) is 5.32 Å². The van der Waals surface area contributed by atoms with Crippen molar-refractivity contribution in [2.75, 3.05) is 13.7 Å². The van der Waals surface area contributed by atoms with Crippen molar-refractivity contribution >= 4 is 5.91 Å². The summed E-state index contributed by atoms with van der Waals surface area (Å²) in [6.45, 7) is 2.66. The van der Waals surface area contributed by atoms with E-state index in [0.717, 1.165) is 37.9 Å². The van der Waals surface area contributed by atoms with Crippen molar-refractivity contribution < 1.29 is 9.53 Å². The Labute approximate surface area is 128 Å². The molecule has 1 atom stereocenters. The maximum absolute atomic E-state index is 11.9. The van der Waals surface area contributed by atoms with Crippen molar-refractivity contribution in [3.8, 4) is 5.75 Å². The van der Waals surface area contributed by atoms with Gasteiger partial charge in [-0.25, -0.2) is 0 Å². The van der Waals surface area contributed by atoms with Gasteiger partial charge in [0.2, 0.25) is 5.91 Å². The summed E-state index contributed by atoms with van der Waals surface area (Å²) in [5.74, 6) is 0.966. The van der Waals surface area contributed by atoms with Crippen LogP contribution in [0.1, 0.15) is 44.6 Å². The smallest absolute Gasteiger partial charge is 0.220 e. The van der Waals surface area contributed by atoms with Crippen molar-refractivity contribution in [3.63, 3.8) is 0 Å². The predicted octanol–water partition coefficient (Wildman–Crippen LogP) is 2.65. The molecule has 1 aromatic rings. The summed E-state index contributed by atoms with van der Waals surface area (Å²) in [6, 6.07) is 8.11. The van der Waals surface area contributed by atoms with E-state index in [2.05, 4.69) is 12.2 Å². The third-order valence-corrected chi connectivity index (χ3v) is 3.58. The lowest BCUT2D eigenvalue weighted by Crippen LogP contribution is -2.40. The molecule has 1 amide bonds. The fraction of sp³-hybridized carbons (Fsp3) is 0.588. The Morgan fingerprint density at radius 3 is 2.57 bits per heavy atom. The van der Waals surface area contributed by atoms with E-state index in [4.69, 9.17) is 10.5 Å². The van der Waals surface area contributed by atoms with Crippen LogP contribution in [0.25, 0.3) is 0 Å². The maximum atomic E-state index is 11.9. The lowest BCUT2D eigenvalue weighted by atomic mass is 10.1. The molecule has 0 spiro atoms. The molecule has 118 valence electrons. The van der Waals surface area contributed by atoms with Crippen LogP contribution in [0.5, 0.6) is 5.75 Å². The first kappa shape index (κ1) is 17.5. The summed E-state index contributed by atoms with van der Waals surface area (Å²) >= 11 is 0. The van der Waals surface area contributed by atoms with Crippen LogP contribution in [0.3, 0.4) is 0 Å². The summed E-state index contributed by atoms with van der Waals surface area (Å²) in [7, 11) is 1.66. The van der Waals surface area contributed by atoms with Crippen molar-refractivity contribution in [1.29, 1.82) is 0 Å². The zero-order valence-corrected chi connectivity index (χ0v) is 13.2. The highest BCUT2D eigenvalue weighted by Gasteiger charge is 2.09. The Hall–Kier alpha value is -1.55. The SMILES string of the molecule is CCCCC(CN)NC(=O)CCCc1ccc(OC)cc1. The van der Waals surface area contributed by atoms with Gasteiger partial charge in [0.15, 0.2) is 0 Å². The van der Waals surface area contributed by atoms with Gasteiger partial charge >= 0.3 is 0 Å². The summed E-state index contributed by atoms with van der Waals surface area (Å²) < 4.78 is 5.12. The first-order chi connectivity index (χ1) is 10.2. The van der Waals surface area contributed by atoms with E-state index in [9.17, 15) is 4.79 Å². The first-order valence-corrected chi connectivity index (χ1v) is 7.82. The number of methoxy groups -OCH3 is 1. The zero-order valence-electron chi connectivity index (χ0n) is 13.2. The molecule has 0 fully saturated rings. The largest absolute Gasteiger partial charge is 0.497 e. The van der Waals surface area contributed by atoms with Crippen LogP contribution in [0.2, 0.25) is 0 Å². The number of nitrogens with two attached hydrogens (primary N) is 1. The number of rotatable bonds is 10. The molecule has 0 saturated heterocycles. The van der Waals surface area contributed by atoms with Gasteiger partial charge in [-0.2, -0.15) is 0 Å². The number of amides is 1. The van der Waals surface area contributed by atoms with Crippen LogP contribution in [-0.4, -0.2) is 25.6 Å². The van der Waals surface area contributed by atoms with E-state index in [1.54, 1.807) is 7.11 Å². The van der Waals surface area contributed by atoms with E-state index in [0.29, 0.717) is 13.0 Å². The normalized spacial score (nSPS) is 12.0. The Bertz CT molecular complexity index is 404. The molecule has 0 radical (unpaired) electrons. The summed E-state index contributed by atoms with van der Waals surface area (Å²) in [4.78, 5) is 11.9. The molecule has 0 aliphatic carbocycles. The van der Waals surface area contributed by atoms with Gasteiger partial charge in [-0.05, 0) is 37.0 Å². The zero-order chi connectivity index (χ0) is 15.5. The molecule has 0 saturated carbocycles. The fourth-order valence-corrected chi connectivity index (χ4v) is 2.24. The first-order valence-electron chi connectivity index (χ1n) is 7.82. The molecule has 1 rings (SSSR count). The van der Waals surface area contributed by atoms with Crippen LogP contribution in [-0.2, 0) is 11.2 Å². The number of benzene rings is 1. The van der Waals surface area contributed by atoms with E-state index in [1.807, 2.05) is 24.3 Å². The molecule has 0 aliphatic rings. The number of nitrogens with one attached hydrogen (secondary N) is 1. The van der Waals surface area contributed by atoms with Crippen LogP contribution in [0, 0.1) is 0 Å². The standard InChI is InChI=1S/C17H28N2O2/c1-3-4-7-15(13-18)19-17(20)8-5-6-14-9-11-16(21-2)12-10-14/h9-12,15H,3-8,13,18H2,1-2H3,(H,19,20). The molecule has 0 aromatic heterocycles. The number of aryl methyl sites for hydroxylation is 1. The molecule has 0 aliphatic heterocycles. The second-order valence-electron chi connectivity index (χ2n) is 5.34. The molecule has 3 N–H and O–H groups in total. The lowest BCUT2D eigenvalue weighted by molar-refractivity contribution is -0.121. The highest BCUT2D eigenvalue weighted by molar-refractivity contribution is 5.76. The third kappa shape index (κ3) is 7.14. The Kier molecular flexibility index (Phi) is 8.51. The van der Waals surface area contributed by atoms with Gasteiger partial charge in [0.1, 0.15) is 5.75 Å². The Balaban J connectivity index is 2.25. The minimum atomic E-state index is 0.107. The average molecular weight is 292 g/mol. The molecule has 21 heavy (non-hydrogen) atoms. The molecule has 4 heteroatoms. The number of carbonyl (C=O) groups is 1. The van der Waals surface area contributed by atoms with Crippen LogP contribution >= 0.6 is 0 Å². The highest BCUT2D eigenvalue weighted by Crippen LogP contribution is 2.13. The van der Waals surface area contributed by atoms with Crippen LogP contribution < -0.4 is 15.8 Å². The minimum absolute atomic E-state index is 0.107. The topological polar surface area (TPSA) is 64.3 Å². The number of unbranched alkanes of at least 4 members (excludes halogenated alkanes) is 1. The Morgan fingerprint density at radius 1 is 1.29 bits per heavy atom. The van der Waals surface area contributed by atoms with Crippen LogP contribution in [0.15, 0.2) is 24.3 Å². The van der Waals surface area contributed by atoms with E-state index in [-0.39, 0.29) is 11.9 Å². The second kappa shape index (κ2) is 10.2. The molecule has 0 bridgehead atoms. The molecular weight excluding hydrogens is 264 g/mol. The molecule has 1 aromatic carbocycles. The van der Waals surface area contributed by atoms with Gasteiger partial charge < -0.3 is 15.8 Å². The Morgan fingerprint density at radius 2 is 2.00 bits per heavy atom. The summed E-state index contributed by atoms with van der Waals surface area (Å²) in [5, 5.41) is 3.02. The monoisotopic (exact) mass is 292 g/mol. The number of hydrogen-bond acceptors (Lipinski definition) is 3. The van der Waals surface area contributed by atoms with Gasteiger partial charge in [-0.3, -0.25) is 4.79 Å². The predicted molar refractivity (Wildman–Crippen MR) is 86.4 cm³/mol. The highest BCUT2D eigenvalue weighted by atomic mass is 16.5. The second-order valence-corrected chi connectivity index (χ2v) is 5.34. The lowest BCUT2D eigenvalue weighted by Gasteiger charge is -2.16. The number of carbonyl (C=O) groups excluding carboxylic acids is 1. The van der Waals surface area contributed by atoms with Crippen molar-refractivity contribution in [2.45, 2.75) is 51.5 Å². The van der Waals surface area contributed by atoms with Crippen LogP contribution in [0.4, 0.5) is 0 Å². The average Bonchev–Trinajstić information content (AvgIpc) is 2.52. The van der Waals surface area contributed by atoms with Gasteiger partial charge in [0, 0.05) is 19.0 Å². The van der Waals surface area contributed by atoms with E-state index in [1.165, 1.54) is 5.56 Å². The van der Waals surface area contributed by atoms with Gasteiger partial charge in [0.25, 0.3) is 0 Å². The third-order valence-electron chi connectivity index (χ3n) is 3.58. The van der Waals surface area contributed by atoms with Gasteiger partial charge in [0.05, 0.1) is 7.11 Å². The van der Waals surface area contributed by atoms with Gasteiger partial charge in [-0.1, -0.05) is 31.9 Å². The molecule has 4 nitrogen and oxygen atoms in total. The van der Waals surface area contributed by atoms with Crippen molar-refractivity contribution in [2.24, 2.45) is 5.73 Å². The minimum Gasteiger partial charge on any atom is -0.497 e. The maximum Gasteiger partial charge on any atom is 0.220 e. The van der Waals surface area contributed by atoms with E-state index >= 15 is 0 Å². The summed E-state index contributed by atoms with van der Waals surface area (Å²) in [6.07, 6.45) is 5.51. The van der Waals surface area contributed by atoms with Crippen molar-refractivity contribution in [3.05, 3.63) is 29.8 Å². The number of hydrogen-bond donors (Lipinski definition) is 2. The fourth-order valence-electron chi connectivity index (χ4n) is 2.24. The molecule has 1 unspecified atom stereocenters.